The van der Waals surface area contributed by atoms with E-state index >= 15 is 0 Å². The topological polar surface area (TPSA) is 62.2 Å². The van der Waals surface area contributed by atoms with Crippen LogP contribution in [0.2, 0.25) is 0 Å². The number of nitrogens with zero attached hydrogens (tertiary/aromatic N) is 1. The van der Waals surface area contributed by atoms with Gasteiger partial charge in [0.2, 0.25) is 0 Å². The van der Waals surface area contributed by atoms with E-state index in [0.29, 0.717) is 0 Å². The number of pyridine rings is 1. The maximum absolute atomic E-state index is 10.9. The number of nitrogens with one attached hydrogen (secondary N) is 1. The molecule has 0 spiro atoms. The SMILES string of the molecule is CCC1(CC)Cc2nc(C(=O)O)ccc2CN1. The van der Waals surface area contributed by atoms with E-state index in [-0.39, 0.29) is 11.2 Å². The lowest BCUT2D eigenvalue weighted by atomic mass is 9.83. The van der Waals surface area contributed by atoms with Gasteiger partial charge in [0.05, 0.1) is 0 Å². The second-order valence-corrected chi connectivity index (χ2v) is 4.63. The van der Waals surface area contributed by atoms with Crippen molar-refractivity contribution in [3.05, 3.63) is 29.1 Å². The largest absolute Gasteiger partial charge is 0.477 e. The normalized spacial score (nSPS) is 17.5. The summed E-state index contributed by atoms with van der Waals surface area (Å²) in [4.78, 5) is 15.2. The summed E-state index contributed by atoms with van der Waals surface area (Å²) < 4.78 is 0. The Kier molecular flexibility index (Phi) is 3.15. The first-order chi connectivity index (χ1) is 8.10. The van der Waals surface area contributed by atoms with Crippen molar-refractivity contribution in [2.75, 3.05) is 0 Å². The van der Waals surface area contributed by atoms with Crippen LogP contribution < -0.4 is 5.32 Å². The fraction of sp³-hybridized carbons (Fsp3) is 0.538. The number of carboxylic acid groups (broad SMARTS) is 1. The first kappa shape index (κ1) is 12.0. The maximum Gasteiger partial charge on any atom is 0.354 e. The minimum atomic E-state index is -0.954. The zero-order valence-corrected chi connectivity index (χ0v) is 10.3. The molecule has 0 saturated carbocycles. The molecule has 2 N–H and O–H groups in total. The monoisotopic (exact) mass is 234 g/mol. The number of aromatic nitrogens is 1. The molecule has 0 aromatic carbocycles. The molecule has 1 aliphatic rings. The van der Waals surface area contributed by atoms with E-state index in [1.807, 2.05) is 6.07 Å². The lowest BCUT2D eigenvalue weighted by Gasteiger charge is -2.37. The Bertz CT molecular complexity index is 439. The Morgan fingerprint density at radius 3 is 2.76 bits per heavy atom. The second kappa shape index (κ2) is 4.45. The molecular formula is C13H18N2O2. The third kappa shape index (κ3) is 2.17. The highest BCUT2D eigenvalue weighted by molar-refractivity contribution is 5.85. The molecule has 0 aliphatic carbocycles. The van der Waals surface area contributed by atoms with Gasteiger partial charge in [0.1, 0.15) is 5.69 Å². The van der Waals surface area contributed by atoms with Crippen LogP contribution >= 0.6 is 0 Å². The average molecular weight is 234 g/mol. The van der Waals surface area contributed by atoms with Crippen molar-refractivity contribution in [2.24, 2.45) is 0 Å². The molecule has 2 heterocycles. The van der Waals surface area contributed by atoms with Gasteiger partial charge < -0.3 is 10.4 Å². The zero-order valence-electron chi connectivity index (χ0n) is 10.3. The molecule has 92 valence electrons. The molecule has 0 atom stereocenters. The standard InChI is InChI=1S/C13H18N2O2/c1-3-13(4-2)7-11-9(8-14-13)5-6-10(15-11)12(16)17/h5-6,14H,3-4,7-8H2,1-2H3,(H,16,17). The molecule has 4 heteroatoms. The van der Waals surface area contributed by atoms with Crippen LogP contribution in [0.4, 0.5) is 0 Å². The predicted octanol–water partition coefficient (Wildman–Crippen LogP) is 1.98. The number of fused-ring (bicyclic) bond motifs is 1. The molecule has 0 unspecified atom stereocenters. The van der Waals surface area contributed by atoms with Crippen molar-refractivity contribution in [2.45, 2.75) is 45.2 Å². The zero-order chi connectivity index (χ0) is 12.5. The van der Waals surface area contributed by atoms with Crippen LogP contribution in [-0.2, 0) is 13.0 Å². The first-order valence-electron chi connectivity index (χ1n) is 6.07. The van der Waals surface area contributed by atoms with Crippen LogP contribution in [0.3, 0.4) is 0 Å². The van der Waals surface area contributed by atoms with Crippen LogP contribution in [0.5, 0.6) is 0 Å². The van der Waals surface area contributed by atoms with Crippen molar-refractivity contribution < 1.29 is 9.90 Å². The lowest BCUT2D eigenvalue weighted by molar-refractivity contribution is 0.0689. The molecule has 2 rings (SSSR count). The van der Waals surface area contributed by atoms with Gasteiger partial charge in [-0.05, 0) is 24.5 Å². The summed E-state index contributed by atoms with van der Waals surface area (Å²) in [6, 6.07) is 3.45. The third-order valence-electron chi connectivity index (χ3n) is 3.80. The van der Waals surface area contributed by atoms with Crippen molar-refractivity contribution >= 4 is 5.97 Å². The number of aromatic carboxylic acids is 1. The molecule has 0 bridgehead atoms. The van der Waals surface area contributed by atoms with E-state index in [1.165, 1.54) is 0 Å². The minimum absolute atomic E-state index is 0.0805. The van der Waals surface area contributed by atoms with Gasteiger partial charge in [-0.15, -0.1) is 0 Å². The number of hydrogen-bond acceptors (Lipinski definition) is 3. The van der Waals surface area contributed by atoms with Crippen LogP contribution in [-0.4, -0.2) is 21.6 Å². The molecule has 0 fully saturated rings. The van der Waals surface area contributed by atoms with Gasteiger partial charge in [-0.1, -0.05) is 19.9 Å². The number of hydrogen-bond donors (Lipinski definition) is 2. The van der Waals surface area contributed by atoms with E-state index in [9.17, 15) is 4.79 Å². The van der Waals surface area contributed by atoms with Gasteiger partial charge in [0.25, 0.3) is 0 Å². The van der Waals surface area contributed by atoms with Crippen LogP contribution in [0, 0.1) is 0 Å². The Balaban J connectivity index is 2.35. The van der Waals surface area contributed by atoms with E-state index in [0.717, 1.165) is 37.1 Å². The smallest absolute Gasteiger partial charge is 0.354 e. The summed E-state index contributed by atoms with van der Waals surface area (Å²) in [5.41, 5.74) is 2.28. The van der Waals surface area contributed by atoms with Crippen LogP contribution in [0.15, 0.2) is 12.1 Å². The quantitative estimate of drug-likeness (QED) is 0.839. The van der Waals surface area contributed by atoms with E-state index in [4.69, 9.17) is 5.11 Å². The fourth-order valence-corrected chi connectivity index (χ4v) is 2.38. The first-order valence-corrected chi connectivity index (χ1v) is 6.07. The summed E-state index contributed by atoms with van der Waals surface area (Å²) in [5, 5.41) is 12.5. The molecule has 1 aliphatic heterocycles. The summed E-state index contributed by atoms with van der Waals surface area (Å²) in [6.45, 7) is 5.09. The lowest BCUT2D eigenvalue weighted by Crippen LogP contribution is -2.49. The van der Waals surface area contributed by atoms with Crippen LogP contribution in [0.25, 0.3) is 0 Å². The van der Waals surface area contributed by atoms with Crippen LogP contribution in [0.1, 0.15) is 48.4 Å². The number of carboxylic acids is 1. The van der Waals surface area contributed by atoms with Gasteiger partial charge in [0.15, 0.2) is 0 Å². The maximum atomic E-state index is 10.9. The van der Waals surface area contributed by atoms with Crippen molar-refractivity contribution in [3.8, 4) is 0 Å². The highest BCUT2D eigenvalue weighted by atomic mass is 16.4. The van der Waals surface area contributed by atoms with Gasteiger partial charge >= 0.3 is 5.97 Å². The van der Waals surface area contributed by atoms with Gasteiger partial charge in [-0.2, -0.15) is 0 Å². The Hall–Kier alpha value is -1.42. The predicted molar refractivity (Wildman–Crippen MR) is 65.1 cm³/mol. The summed E-state index contributed by atoms with van der Waals surface area (Å²) in [5.74, 6) is -0.954. The van der Waals surface area contributed by atoms with Gasteiger partial charge in [-0.25, -0.2) is 9.78 Å². The Labute approximate surface area is 101 Å². The summed E-state index contributed by atoms with van der Waals surface area (Å²) in [7, 11) is 0. The van der Waals surface area contributed by atoms with E-state index < -0.39 is 5.97 Å². The Morgan fingerprint density at radius 2 is 2.18 bits per heavy atom. The highest BCUT2D eigenvalue weighted by Gasteiger charge is 2.31. The molecule has 1 aromatic rings. The molecule has 0 amide bonds. The molecule has 17 heavy (non-hydrogen) atoms. The third-order valence-corrected chi connectivity index (χ3v) is 3.80. The van der Waals surface area contributed by atoms with Crippen molar-refractivity contribution in [3.63, 3.8) is 0 Å². The highest BCUT2D eigenvalue weighted by Crippen LogP contribution is 2.27. The average Bonchev–Trinajstić information content (AvgIpc) is 2.37. The Morgan fingerprint density at radius 1 is 1.47 bits per heavy atom. The minimum Gasteiger partial charge on any atom is -0.477 e. The van der Waals surface area contributed by atoms with Crippen molar-refractivity contribution in [1.82, 2.24) is 10.3 Å². The van der Waals surface area contributed by atoms with Gasteiger partial charge in [0, 0.05) is 24.2 Å². The second-order valence-electron chi connectivity index (χ2n) is 4.63. The van der Waals surface area contributed by atoms with E-state index in [2.05, 4.69) is 24.1 Å². The summed E-state index contributed by atoms with van der Waals surface area (Å²) >= 11 is 0. The molecule has 0 saturated heterocycles. The molecular weight excluding hydrogens is 216 g/mol. The van der Waals surface area contributed by atoms with E-state index in [1.54, 1.807) is 6.07 Å². The number of carbonyl (C=O) groups is 1. The summed E-state index contributed by atoms with van der Waals surface area (Å²) in [6.07, 6.45) is 2.88. The molecule has 4 nitrogen and oxygen atoms in total. The van der Waals surface area contributed by atoms with Crippen molar-refractivity contribution in [1.29, 1.82) is 0 Å². The fourth-order valence-electron chi connectivity index (χ4n) is 2.38. The molecule has 0 radical (unpaired) electrons. The molecule has 1 aromatic heterocycles. The van der Waals surface area contributed by atoms with Gasteiger partial charge in [-0.3, -0.25) is 0 Å². The number of rotatable bonds is 3.